The molecule has 1 aromatic carbocycles. The lowest BCUT2D eigenvalue weighted by Gasteiger charge is -2.18. The molecule has 1 N–H and O–H groups in total. The summed E-state index contributed by atoms with van der Waals surface area (Å²) in [6, 6.07) is 8.38. The topological polar surface area (TPSA) is 77.3 Å². The quantitative estimate of drug-likeness (QED) is 0.660. The fourth-order valence-corrected chi connectivity index (χ4v) is 1.98. The first kappa shape index (κ1) is 11.5. The third-order valence-corrected chi connectivity index (χ3v) is 2.90. The highest BCUT2D eigenvalue weighted by molar-refractivity contribution is 5.71. The van der Waals surface area contributed by atoms with Gasteiger partial charge in [-0.05, 0) is 11.6 Å². The van der Waals surface area contributed by atoms with Crippen molar-refractivity contribution in [1.82, 2.24) is 4.98 Å². The molecule has 1 aliphatic rings. The Morgan fingerprint density at radius 1 is 1.32 bits per heavy atom. The van der Waals surface area contributed by atoms with Crippen LogP contribution in [0.5, 0.6) is 5.88 Å². The number of nitrogens with zero attached hydrogens (tertiary/aromatic N) is 2. The van der Waals surface area contributed by atoms with E-state index in [1.54, 1.807) is 12.3 Å². The van der Waals surface area contributed by atoms with E-state index in [-0.39, 0.29) is 5.69 Å². The first-order valence-corrected chi connectivity index (χ1v) is 5.85. The molecule has 19 heavy (non-hydrogen) atoms. The Bertz CT molecular complexity index is 643. The van der Waals surface area contributed by atoms with Gasteiger partial charge in [0, 0.05) is 30.4 Å². The van der Waals surface area contributed by atoms with E-state index < -0.39 is 4.92 Å². The van der Waals surface area contributed by atoms with Crippen molar-refractivity contribution in [2.45, 2.75) is 0 Å². The van der Waals surface area contributed by atoms with Gasteiger partial charge < -0.3 is 10.1 Å². The lowest BCUT2D eigenvalue weighted by molar-refractivity contribution is -0.384. The van der Waals surface area contributed by atoms with Gasteiger partial charge in [-0.1, -0.05) is 12.1 Å². The molecule has 0 radical (unpaired) electrons. The predicted octanol–water partition coefficient (Wildman–Crippen LogP) is 2.46. The number of hydrogen-bond donors (Lipinski definition) is 1. The number of nitro benzene ring substituents is 1. The Morgan fingerprint density at radius 3 is 3.05 bits per heavy atom. The van der Waals surface area contributed by atoms with E-state index in [2.05, 4.69) is 10.3 Å². The van der Waals surface area contributed by atoms with Crippen LogP contribution in [0.2, 0.25) is 0 Å². The van der Waals surface area contributed by atoms with Crippen molar-refractivity contribution in [3.05, 3.63) is 46.6 Å². The van der Waals surface area contributed by atoms with Crippen LogP contribution < -0.4 is 10.1 Å². The van der Waals surface area contributed by atoms with Crippen LogP contribution in [0, 0.1) is 10.1 Å². The molecule has 0 unspecified atom stereocenters. The van der Waals surface area contributed by atoms with Gasteiger partial charge in [0.25, 0.3) is 5.69 Å². The van der Waals surface area contributed by atoms with Crippen LogP contribution in [0.3, 0.4) is 0 Å². The summed E-state index contributed by atoms with van der Waals surface area (Å²) in [6.07, 6.45) is 1.66. The van der Waals surface area contributed by atoms with Crippen molar-refractivity contribution in [3.8, 4) is 17.0 Å². The minimum absolute atomic E-state index is 0.0689. The van der Waals surface area contributed by atoms with E-state index >= 15 is 0 Å². The SMILES string of the molecule is O=[N+]([O-])c1cccc(-c2cnc3c(c2)NCCO3)c1. The summed E-state index contributed by atoms with van der Waals surface area (Å²) in [5.41, 5.74) is 2.46. The number of fused-ring (bicyclic) bond motifs is 1. The molecule has 0 saturated carbocycles. The zero-order valence-electron chi connectivity index (χ0n) is 10.00. The van der Waals surface area contributed by atoms with Crippen LogP contribution in [-0.4, -0.2) is 23.1 Å². The zero-order chi connectivity index (χ0) is 13.2. The summed E-state index contributed by atoms with van der Waals surface area (Å²) in [7, 11) is 0. The van der Waals surface area contributed by atoms with Gasteiger partial charge in [-0.15, -0.1) is 0 Å². The highest BCUT2D eigenvalue weighted by Gasteiger charge is 2.13. The highest BCUT2D eigenvalue weighted by atomic mass is 16.6. The summed E-state index contributed by atoms with van der Waals surface area (Å²) in [5, 5.41) is 14.0. The van der Waals surface area contributed by atoms with Crippen LogP contribution >= 0.6 is 0 Å². The molecule has 1 aliphatic heterocycles. The molecule has 6 nitrogen and oxygen atoms in total. The van der Waals surface area contributed by atoms with E-state index in [0.717, 1.165) is 23.4 Å². The fourth-order valence-electron chi connectivity index (χ4n) is 1.98. The van der Waals surface area contributed by atoms with Crippen molar-refractivity contribution in [3.63, 3.8) is 0 Å². The lowest BCUT2D eigenvalue weighted by atomic mass is 10.1. The van der Waals surface area contributed by atoms with Gasteiger partial charge >= 0.3 is 0 Å². The van der Waals surface area contributed by atoms with Gasteiger partial charge in [0.15, 0.2) is 0 Å². The van der Waals surface area contributed by atoms with Crippen LogP contribution in [0.25, 0.3) is 11.1 Å². The maximum absolute atomic E-state index is 10.8. The molecule has 0 saturated heterocycles. The number of benzene rings is 1. The number of hydrogen-bond acceptors (Lipinski definition) is 5. The maximum atomic E-state index is 10.8. The van der Waals surface area contributed by atoms with Crippen molar-refractivity contribution in [1.29, 1.82) is 0 Å². The van der Waals surface area contributed by atoms with Crippen LogP contribution in [-0.2, 0) is 0 Å². The summed E-state index contributed by atoms with van der Waals surface area (Å²) >= 11 is 0. The Morgan fingerprint density at radius 2 is 2.21 bits per heavy atom. The first-order chi connectivity index (χ1) is 9.24. The van der Waals surface area contributed by atoms with Gasteiger partial charge in [0.05, 0.1) is 10.6 Å². The number of aromatic nitrogens is 1. The first-order valence-electron chi connectivity index (χ1n) is 5.85. The van der Waals surface area contributed by atoms with Gasteiger partial charge in [0.2, 0.25) is 5.88 Å². The van der Waals surface area contributed by atoms with Crippen LogP contribution in [0.1, 0.15) is 0 Å². The molecule has 2 aromatic rings. The molecule has 0 amide bonds. The zero-order valence-corrected chi connectivity index (χ0v) is 10.00. The van der Waals surface area contributed by atoms with Crippen LogP contribution in [0.15, 0.2) is 36.5 Å². The number of nitrogens with one attached hydrogen (secondary N) is 1. The Balaban J connectivity index is 2.02. The van der Waals surface area contributed by atoms with Crippen LogP contribution in [0.4, 0.5) is 11.4 Å². The average molecular weight is 257 g/mol. The van der Waals surface area contributed by atoms with Crippen molar-refractivity contribution in [2.75, 3.05) is 18.5 Å². The molecule has 3 rings (SSSR count). The standard InChI is InChI=1S/C13H11N3O3/c17-16(18)11-3-1-2-9(6-11)10-7-12-13(15-8-10)19-5-4-14-12/h1-3,6-8,14H,4-5H2. The Hall–Kier alpha value is -2.63. The van der Waals surface area contributed by atoms with E-state index in [0.29, 0.717) is 12.5 Å². The molecule has 1 aromatic heterocycles. The predicted molar refractivity (Wildman–Crippen MR) is 70.3 cm³/mol. The number of nitro groups is 1. The third-order valence-electron chi connectivity index (χ3n) is 2.90. The van der Waals surface area contributed by atoms with Crippen molar-refractivity contribution < 1.29 is 9.66 Å². The summed E-state index contributed by atoms with van der Waals surface area (Å²) in [5.74, 6) is 0.570. The Kier molecular flexibility index (Phi) is 2.75. The van der Waals surface area contributed by atoms with Crippen molar-refractivity contribution >= 4 is 11.4 Å². The summed E-state index contributed by atoms with van der Waals surface area (Å²) in [6.45, 7) is 1.32. The van der Waals surface area contributed by atoms with Gasteiger partial charge in [0.1, 0.15) is 6.61 Å². The molecular weight excluding hydrogens is 246 g/mol. The largest absolute Gasteiger partial charge is 0.474 e. The number of anilines is 1. The maximum Gasteiger partial charge on any atom is 0.270 e. The number of non-ortho nitro benzene ring substituents is 1. The number of rotatable bonds is 2. The molecular formula is C13H11N3O3. The molecule has 0 aliphatic carbocycles. The molecule has 0 bridgehead atoms. The van der Waals surface area contributed by atoms with E-state index in [9.17, 15) is 10.1 Å². The second-order valence-electron chi connectivity index (χ2n) is 4.16. The second kappa shape index (κ2) is 4.56. The van der Waals surface area contributed by atoms with Gasteiger partial charge in [-0.2, -0.15) is 0 Å². The summed E-state index contributed by atoms with van der Waals surface area (Å²) in [4.78, 5) is 14.6. The monoisotopic (exact) mass is 257 g/mol. The average Bonchev–Trinajstić information content (AvgIpc) is 2.47. The molecule has 96 valence electrons. The number of pyridine rings is 1. The second-order valence-corrected chi connectivity index (χ2v) is 4.16. The van der Waals surface area contributed by atoms with E-state index in [4.69, 9.17) is 4.74 Å². The lowest BCUT2D eigenvalue weighted by Crippen LogP contribution is -2.18. The van der Waals surface area contributed by atoms with Gasteiger partial charge in [-0.25, -0.2) is 4.98 Å². The molecule has 0 fully saturated rings. The van der Waals surface area contributed by atoms with E-state index in [1.165, 1.54) is 12.1 Å². The normalized spacial score (nSPS) is 13.1. The molecule has 2 heterocycles. The van der Waals surface area contributed by atoms with E-state index in [1.807, 2.05) is 12.1 Å². The molecule has 6 heteroatoms. The smallest absolute Gasteiger partial charge is 0.270 e. The summed E-state index contributed by atoms with van der Waals surface area (Å²) < 4.78 is 5.39. The highest BCUT2D eigenvalue weighted by Crippen LogP contribution is 2.31. The minimum atomic E-state index is -0.406. The molecule has 0 spiro atoms. The minimum Gasteiger partial charge on any atom is -0.474 e. The van der Waals surface area contributed by atoms with Crippen molar-refractivity contribution in [2.24, 2.45) is 0 Å². The molecule has 0 atom stereocenters. The van der Waals surface area contributed by atoms with Gasteiger partial charge in [-0.3, -0.25) is 10.1 Å². The fraction of sp³-hybridized carbons (Fsp3) is 0.154. The Labute approximate surface area is 109 Å². The third kappa shape index (κ3) is 2.20. The number of ether oxygens (including phenoxy) is 1.